The molecule has 0 spiro atoms. The van der Waals surface area contributed by atoms with Gasteiger partial charge in [0.2, 0.25) is 0 Å². The number of rotatable bonds is 0. The lowest BCUT2D eigenvalue weighted by Gasteiger charge is -2.25. The lowest BCUT2D eigenvalue weighted by molar-refractivity contribution is 0.399. The Hall–Kier alpha value is -1.57. The first-order chi connectivity index (χ1) is 8.09. The zero-order valence-corrected chi connectivity index (χ0v) is 10.5. The summed E-state index contributed by atoms with van der Waals surface area (Å²) in [7, 11) is 0. The lowest BCUT2D eigenvalue weighted by Crippen LogP contribution is -2.21. The van der Waals surface area contributed by atoms with E-state index in [9.17, 15) is 0 Å². The monoisotopic (exact) mass is 227 g/mol. The van der Waals surface area contributed by atoms with Gasteiger partial charge in [-0.2, -0.15) is 0 Å². The van der Waals surface area contributed by atoms with Crippen LogP contribution in [0.4, 0.5) is 0 Å². The van der Waals surface area contributed by atoms with Crippen molar-refractivity contribution in [1.82, 2.24) is 5.16 Å². The number of hydrogen-bond acceptors (Lipinski definition) is 2. The van der Waals surface area contributed by atoms with Crippen LogP contribution in [-0.4, -0.2) is 5.16 Å². The Morgan fingerprint density at radius 1 is 1.24 bits per heavy atom. The maximum Gasteiger partial charge on any atom is 0.127 e. The summed E-state index contributed by atoms with van der Waals surface area (Å²) in [5.74, 6) is 0.370. The Morgan fingerprint density at radius 2 is 2.00 bits per heavy atom. The third-order valence-electron chi connectivity index (χ3n) is 3.91. The lowest BCUT2D eigenvalue weighted by atomic mass is 9.79. The van der Waals surface area contributed by atoms with Gasteiger partial charge in [-0.1, -0.05) is 50.2 Å². The van der Waals surface area contributed by atoms with Crippen LogP contribution in [-0.2, 0) is 11.8 Å². The molecule has 1 aromatic carbocycles. The van der Waals surface area contributed by atoms with E-state index in [0.29, 0.717) is 5.92 Å². The van der Waals surface area contributed by atoms with Crippen LogP contribution in [0.25, 0.3) is 0 Å². The van der Waals surface area contributed by atoms with Gasteiger partial charge in [-0.15, -0.1) is 0 Å². The molecule has 1 atom stereocenters. The van der Waals surface area contributed by atoms with Crippen molar-refractivity contribution in [3.05, 3.63) is 52.9 Å². The molecule has 1 aliphatic rings. The van der Waals surface area contributed by atoms with Crippen LogP contribution in [0.1, 0.15) is 49.1 Å². The molecule has 0 amide bonds. The maximum atomic E-state index is 5.15. The van der Waals surface area contributed by atoms with Crippen LogP contribution in [0, 0.1) is 0 Å². The molecule has 0 fully saturated rings. The zero-order valence-electron chi connectivity index (χ0n) is 10.5. The van der Waals surface area contributed by atoms with Crippen molar-refractivity contribution in [3.63, 3.8) is 0 Å². The number of nitrogens with zero attached hydrogens (tertiary/aromatic N) is 1. The number of aromatic nitrogens is 1. The van der Waals surface area contributed by atoms with Crippen LogP contribution >= 0.6 is 0 Å². The first-order valence-electron chi connectivity index (χ1n) is 6.12. The summed E-state index contributed by atoms with van der Waals surface area (Å²) in [6.45, 7) is 6.79. The summed E-state index contributed by atoms with van der Waals surface area (Å²) in [5.41, 5.74) is 5.30. The number of hydrogen-bond donors (Lipinski definition) is 0. The summed E-state index contributed by atoms with van der Waals surface area (Å²) in [6.07, 6.45) is 2.75. The smallest absolute Gasteiger partial charge is 0.127 e. The molecule has 0 saturated carbocycles. The molecule has 2 aromatic rings. The molecule has 17 heavy (non-hydrogen) atoms. The summed E-state index contributed by atoms with van der Waals surface area (Å²) in [6, 6.07) is 8.71. The van der Waals surface area contributed by atoms with Crippen LogP contribution in [0.15, 0.2) is 35.1 Å². The van der Waals surface area contributed by atoms with Gasteiger partial charge in [0, 0.05) is 17.9 Å². The molecular weight excluding hydrogens is 210 g/mol. The van der Waals surface area contributed by atoms with E-state index < -0.39 is 0 Å². The summed E-state index contributed by atoms with van der Waals surface area (Å²) < 4.78 is 5.15. The van der Waals surface area contributed by atoms with E-state index in [2.05, 4.69) is 50.2 Å². The average Bonchev–Trinajstić information content (AvgIpc) is 2.72. The Kier molecular flexibility index (Phi) is 2.15. The molecule has 0 saturated heterocycles. The fraction of sp³-hybridized carbons (Fsp3) is 0.400. The first-order valence-corrected chi connectivity index (χ1v) is 6.12. The highest BCUT2D eigenvalue weighted by molar-refractivity contribution is 5.45. The summed E-state index contributed by atoms with van der Waals surface area (Å²) >= 11 is 0. The van der Waals surface area contributed by atoms with E-state index >= 15 is 0 Å². The second-order valence-electron chi connectivity index (χ2n) is 5.59. The van der Waals surface area contributed by atoms with E-state index in [-0.39, 0.29) is 5.41 Å². The van der Waals surface area contributed by atoms with Gasteiger partial charge in [-0.3, -0.25) is 0 Å². The second-order valence-corrected chi connectivity index (χ2v) is 5.59. The molecule has 1 aromatic heterocycles. The van der Waals surface area contributed by atoms with E-state index in [1.165, 1.54) is 16.7 Å². The van der Waals surface area contributed by atoms with Crippen LogP contribution in [0.5, 0.6) is 0 Å². The van der Waals surface area contributed by atoms with Gasteiger partial charge in [0.15, 0.2) is 0 Å². The van der Waals surface area contributed by atoms with Gasteiger partial charge in [0.25, 0.3) is 0 Å². The topological polar surface area (TPSA) is 26.0 Å². The van der Waals surface area contributed by atoms with Crippen molar-refractivity contribution in [2.24, 2.45) is 0 Å². The normalized spacial score (nSPS) is 21.5. The first kappa shape index (κ1) is 10.6. The predicted molar refractivity (Wildman–Crippen MR) is 67.2 cm³/mol. The van der Waals surface area contributed by atoms with Gasteiger partial charge < -0.3 is 4.52 Å². The predicted octanol–water partition coefficient (Wildman–Crippen LogP) is 3.66. The highest BCUT2D eigenvalue weighted by atomic mass is 16.5. The number of fused-ring (bicyclic) bond motifs is 2. The third-order valence-corrected chi connectivity index (χ3v) is 3.91. The highest BCUT2D eigenvalue weighted by Crippen LogP contribution is 2.41. The Bertz CT molecular complexity index is 554. The van der Waals surface area contributed by atoms with Crippen LogP contribution < -0.4 is 0 Å². The minimum absolute atomic E-state index is 0.118. The van der Waals surface area contributed by atoms with E-state index in [4.69, 9.17) is 4.52 Å². The van der Waals surface area contributed by atoms with E-state index in [1.807, 2.05) is 0 Å². The minimum Gasteiger partial charge on any atom is -0.364 e. The van der Waals surface area contributed by atoms with Crippen molar-refractivity contribution < 1.29 is 4.52 Å². The second kappa shape index (κ2) is 3.46. The molecule has 0 radical (unpaired) electrons. The molecule has 88 valence electrons. The molecule has 2 heteroatoms. The molecule has 0 bridgehead atoms. The SMILES string of the molecule is CC1c2ccccc2C(C)(C)Cc2nocc21. The van der Waals surface area contributed by atoms with Gasteiger partial charge in [-0.25, -0.2) is 0 Å². The molecule has 1 unspecified atom stereocenters. The van der Waals surface area contributed by atoms with E-state index in [0.717, 1.165) is 12.1 Å². The number of benzene rings is 1. The Labute approximate surface area is 102 Å². The average molecular weight is 227 g/mol. The molecular formula is C15H17NO. The standard InChI is InChI=1S/C15H17NO/c1-10-11-6-4-5-7-13(11)15(2,3)8-14-12(10)9-17-16-14/h4-7,9-10H,8H2,1-3H3. The molecule has 2 nitrogen and oxygen atoms in total. The van der Waals surface area contributed by atoms with Gasteiger partial charge >= 0.3 is 0 Å². The molecule has 1 heterocycles. The van der Waals surface area contributed by atoms with Crippen molar-refractivity contribution in [2.75, 3.05) is 0 Å². The highest BCUT2D eigenvalue weighted by Gasteiger charge is 2.33. The van der Waals surface area contributed by atoms with Crippen LogP contribution in [0.2, 0.25) is 0 Å². The van der Waals surface area contributed by atoms with Gasteiger partial charge in [-0.05, 0) is 16.5 Å². The van der Waals surface area contributed by atoms with Crippen molar-refractivity contribution >= 4 is 0 Å². The largest absolute Gasteiger partial charge is 0.364 e. The fourth-order valence-corrected chi connectivity index (χ4v) is 2.93. The van der Waals surface area contributed by atoms with Gasteiger partial charge in [0.1, 0.15) is 6.26 Å². The van der Waals surface area contributed by atoms with Gasteiger partial charge in [0.05, 0.1) is 5.69 Å². The maximum absolute atomic E-state index is 5.15. The van der Waals surface area contributed by atoms with Crippen molar-refractivity contribution in [1.29, 1.82) is 0 Å². The fourth-order valence-electron chi connectivity index (χ4n) is 2.93. The van der Waals surface area contributed by atoms with Crippen LogP contribution in [0.3, 0.4) is 0 Å². The van der Waals surface area contributed by atoms with Crippen molar-refractivity contribution in [2.45, 2.75) is 38.5 Å². The summed E-state index contributed by atoms with van der Waals surface area (Å²) in [4.78, 5) is 0. The zero-order chi connectivity index (χ0) is 12.0. The summed E-state index contributed by atoms with van der Waals surface area (Å²) in [5, 5.41) is 4.17. The molecule has 3 rings (SSSR count). The molecule has 0 aliphatic heterocycles. The molecule has 0 N–H and O–H groups in total. The Balaban J connectivity index is 2.27. The third kappa shape index (κ3) is 1.51. The quantitative estimate of drug-likeness (QED) is 0.686. The van der Waals surface area contributed by atoms with Crippen molar-refractivity contribution in [3.8, 4) is 0 Å². The minimum atomic E-state index is 0.118. The Morgan fingerprint density at radius 3 is 2.82 bits per heavy atom. The molecule has 1 aliphatic carbocycles. The van der Waals surface area contributed by atoms with E-state index in [1.54, 1.807) is 6.26 Å².